The molecule has 0 radical (unpaired) electrons. The number of benzene rings is 1. The average molecular weight is 299 g/mol. The molecule has 0 spiro atoms. The first-order valence-electron chi connectivity index (χ1n) is 7.11. The second-order valence-corrected chi connectivity index (χ2v) is 5.55. The number of hydrogen-bond donors (Lipinski definition) is 2. The van der Waals surface area contributed by atoms with Crippen LogP contribution in [0.4, 0.5) is 10.3 Å². The monoisotopic (exact) mass is 299 g/mol. The Morgan fingerprint density at radius 2 is 2.23 bits per heavy atom. The highest BCUT2D eigenvalue weighted by Crippen LogP contribution is 2.39. The molecule has 1 fully saturated rings. The lowest BCUT2D eigenvalue weighted by molar-refractivity contribution is 0.101. The van der Waals surface area contributed by atoms with Crippen molar-refractivity contribution in [3.63, 3.8) is 0 Å². The Hall–Kier alpha value is -2.70. The highest BCUT2D eigenvalue weighted by atomic mass is 19.1. The molecule has 4 rings (SSSR count). The number of anilines is 1. The van der Waals surface area contributed by atoms with Crippen LogP contribution in [-0.4, -0.2) is 25.7 Å². The number of aromatic nitrogens is 4. The minimum atomic E-state index is -0.352. The Bertz CT molecular complexity index is 877. The molecule has 6 nitrogen and oxygen atoms in total. The van der Waals surface area contributed by atoms with Crippen LogP contribution in [-0.2, 0) is 7.05 Å². The summed E-state index contributed by atoms with van der Waals surface area (Å²) >= 11 is 0. The van der Waals surface area contributed by atoms with Gasteiger partial charge in [-0.05, 0) is 37.1 Å². The van der Waals surface area contributed by atoms with Crippen LogP contribution in [0.5, 0.6) is 0 Å². The van der Waals surface area contributed by atoms with Crippen LogP contribution in [0.3, 0.4) is 0 Å². The van der Waals surface area contributed by atoms with Crippen LogP contribution in [0.25, 0.3) is 11.0 Å². The van der Waals surface area contributed by atoms with Crippen molar-refractivity contribution in [2.75, 3.05) is 5.32 Å². The third-order valence-electron chi connectivity index (χ3n) is 3.80. The van der Waals surface area contributed by atoms with E-state index in [1.165, 1.54) is 12.1 Å². The molecule has 112 valence electrons. The summed E-state index contributed by atoms with van der Waals surface area (Å²) in [5.41, 5.74) is 2.58. The van der Waals surface area contributed by atoms with Crippen molar-refractivity contribution in [3.05, 3.63) is 41.5 Å². The van der Waals surface area contributed by atoms with Crippen LogP contribution in [0.15, 0.2) is 24.3 Å². The minimum absolute atomic E-state index is 0.290. The van der Waals surface area contributed by atoms with Gasteiger partial charge in [0.15, 0.2) is 0 Å². The van der Waals surface area contributed by atoms with E-state index in [1.807, 2.05) is 6.07 Å². The smallest absolute Gasteiger partial charge is 0.276 e. The third kappa shape index (κ3) is 2.24. The van der Waals surface area contributed by atoms with Crippen molar-refractivity contribution < 1.29 is 9.18 Å². The van der Waals surface area contributed by atoms with Gasteiger partial charge in [-0.2, -0.15) is 5.10 Å². The number of nitrogens with zero attached hydrogens (tertiary/aromatic N) is 3. The predicted octanol–water partition coefficient (Wildman–Crippen LogP) is 2.57. The van der Waals surface area contributed by atoms with E-state index in [9.17, 15) is 9.18 Å². The molecule has 0 aliphatic heterocycles. The summed E-state index contributed by atoms with van der Waals surface area (Å²) in [6.45, 7) is 0. The van der Waals surface area contributed by atoms with Gasteiger partial charge in [-0.3, -0.25) is 14.8 Å². The lowest BCUT2D eigenvalue weighted by atomic mass is 10.2. The third-order valence-corrected chi connectivity index (χ3v) is 3.80. The zero-order valence-corrected chi connectivity index (χ0v) is 11.9. The average Bonchev–Trinajstić information content (AvgIpc) is 3.14. The van der Waals surface area contributed by atoms with Crippen molar-refractivity contribution in [1.82, 2.24) is 19.7 Å². The summed E-state index contributed by atoms with van der Waals surface area (Å²) in [5, 5.41) is 7.06. The summed E-state index contributed by atoms with van der Waals surface area (Å²) in [6, 6.07) is 6.05. The molecule has 1 aromatic carbocycles. The van der Waals surface area contributed by atoms with Crippen molar-refractivity contribution in [3.8, 4) is 0 Å². The molecule has 0 unspecified atom stereocenters. The molecule has 0 saturated heterocycles. The number of imidazole rings is 1. The Balaban J connectivity index is 1.59. The van der Waals surface area contributed by atoms with Gasteiger partial charge < -0.3 is 4.98 Å². The minimum Gasteiger partial charge on any atom is -0.324 e. The maximum absolute atomic E-state index is 13.2. The first-order valence-corrected chi connectivity index (χ1v) is 7.11. The van der Waals surface area contributed by atoms with E-state index in [2.05, 4.69) is 20.4 Å². The molecule has 1 aliphatic carbocycles. The van der Waals surface area contributed by atoms with Gasteiger partial charge in [0.05, 0.1) is 16.7 Å². The normalized spacial score (nSPS) is 14.5. The molecule has 2 heterocycles. The van der Waals surface area contributed by atoms with Gasteiger partial charge in [0, 0.05) is 13.0 Å². The van der Waals surface area contributed by atoms with Gasteiger partial charge in [0.25, 0.3) is 5.91 Å². The number of aromatic amines is 1. The first-order chi connectivity index (χ1) is 10.6. The number of amides is 1. The summed E-state index contributed by atoms with van der Waals surface area (Å²) in [7, 11) is 1.74. The Kier molecular flexibility index (Phi) is 2.75. The Morgan fingerprint density at radius 1 is 1.41 bits per heavy atom. The van der Waals surface area contributed by atoms with E-state index in [4.69, 9.17) is 0 Å². The number of carbonyl (C=O) groups is 1. The van der Waals surface area contributed by atoms with Crippen molar-refractivity contribution in [1.29, 1.82) is 0 Å². The highest BCUT2D eigenvalue weighted by Gasteiger charge is 2.28. The molecular weight excluding hydrogens is 285 g/mol. The number of carbonyl (C=O) groups excluding carboxylic acids is 1. The lowest BCUT2D eigenvalue weighted by Gasteiger charge is -2.01. The summed E-state index contributed by atoms with van der Waals surface area (Å²) < 4.78 is 14.7. The molecule has 7 heteroatoms. The molecule has 1 amide bonds. The highest BCUT2D eigenvalue weighted by molar-refractivity contribution is 6.02. The van der Waals surface area contributed by atoms with Crippen LogP contribution in [0.1, 0.15) is 34.9 Å². The van der Waals surface area contributed by atoms with E-state index >= 15 is 0 Å². The van der Waals surface area contributed by atoms with E-state index < -0.39 is 0 Å². The zero-order valence-electron chi connectivity index (χ0n) is 11.9. The van der Waals surface area contributed by atoms with Gasteiger partial charge in [0.2, 0.25) is 5.95 Å². The summed E-state index contributed by atoms with van der Waals surface area (Å²) in [4.78, 5) is 19.4. The zero-order chi connectivity index (χ0) is 15.3. The number of aryl methyl sites for hydroxylation is 1. The summed E-state index contributed by atoms with van der Waals surface area (Å²) in [6.07, 6.45) is 2.26. The van der Waals surface area contributed by atoms with Gasteiger partial charge in [-0.1, -0.05) is 0 Å². The molecule has 3 aromatic rings. The SMILES string of the molecule is Cn1nc(C2CC2)cc1C(=O)Nc1nc2ccc(F)cc2[nH]1. The van der Waals surface area contributed by atoms with Crippen LogP contribution < -0.4 is 5.32 Å². The molecule has 0 atom stereocenters. The molecule has 1 aliphatic rings. The Labute approximate surface area is 125 Å². The first kappa shape index (κ1) is 13.0. The lowest BCUT2D eigenvalue weighted by Crippen LogP contribution is -2.16. The molecular formula is C15H14FN5O. The van der Waals surface area contributed by atoms with Gasteiger partial charge in [-0.25, -0.2) is 9.37 Å². The van der Waals surface area contributed by atoms with Crippen molar-refractivity contribution in [2.45, 2.75) is 18.8 Å². The largest absolute Gasteiger partial charge is 0.324 e. The number of halogens is 1. The van der Waals surface area contributed by atoms with Crippen molar-refractivity contribution in [2.24, 2.45) is 7.05 Å². The standard InChI is InChI=1S/C15H14FN5O/c1-21-13(7-11(20-21)8-2-3-8)14(22)19-15-17-10-5-4-9(16)6-12(10)18-15/h4-8H,2-3H2,1H3,(H2,17,18,19,22). The van der Waals surface area contributed by atoms with E-state index in [0.717, 1.165) is 18.5 Å². The van der Waals surface area contributed by atoms with Crippen LogP contribution >= 0.6 is 0 Å². The van der Waals surface area contributed by atoms with E-state index in [1.54, 1.807) is 17.8 Å². The van der Waals surface area contributed by atoms with E-state index in [0.29, 0.717) is 28.6 Å². The summed E-state index contributed by atoms with van der Waals surface area (Å²) in [5.74, 6) is 0.137. The second-order valence-electron chi connectivity index (χ2n) is 5.55. The number of nitrogens with one attached hydrogen (secondary N) is 2. The number of fused-ring (bicyclic) bond motifs is 1. The number of rotatable bonds is 3. The molecule has 1 saturated carbocycles. The molecule has 0 bridgehead atoms. The van der Waals surface area contributed by atoms with E-state index in [-0.39, 0.29) is 11.7 Å². The maximum atomic E-state index is 13.2. The fraction of sp³-hybridized carbons (Fsp3) is 0.267. The fourth-order valence-corrected chi connectivity index (χ4v) is 2.49. The number of H-pyrrole nitrogens is 1. The second kappa shape index (κ2) is 4.66. The molecule has 2 aromatic heterocycles. The number of hydrogen-bond acceptors (Lipinski definition) is 3. The van der Waals surface area contributed by atoms with Gasteiger partial charge in [-0.15, -0.1) is 0 Å². The quantitative estimate of drug-likeness (QED) is 0.780. The molecule has 22 heavy (non-hydrogen) atoms. The van der Waals surface area contributed by atoms with Gasteiger partial charge in [0.1, 0.15) is 11.5 Å². The van der Waals surface area contributed by atoms with Crippen molar-refractivity contribution >= 4 is 22.9 Å². The Morgan fingerprint density at radius 3 is 3.00 bits per heavy atom. The fourth-order valence-electron chi connectivity index (χ4n) is 2.49. The maximum Gasteiger partial charge on any atom is 0.276 e. The predicted molar refractivity (Wildman–Crippen MR) is 79.2 cm³/mol. The van der Waals surface area contributed by atoms with Gasteiger partial charge >= 0.3 is 0 Å². The van der Waals surface area contributed by atoms with Crippen LogP contribution in [0, 0.1) is 5.82 Å². The molecule has 2 N–H and O–H groups in total. The topological polar surface area (TPSA) is 75.6 Å². The van der Waals surface area contributed by atoms with Crippen LogP contribution in [0.2, 0.25) is 0 Å².